The number of halogens is 2. The first-order valence-corrected chi connectivity index (χ1v) is 17.0. The standard InChI is InChI=1S/C24H16Cl2N6O10S3/c25-22-27-21(28-23(26)29-22)24(33,30-16-11-5-7-12-6-1-2-8-13(12)16)32-31-17-14-9-3-4-10-15(14)18(43(34,35)36)20(45(40,41)42)19(17)44(37,38)39/h1-11,30,33H,(H,34,35,36)(H,37,38,39)(H,40,41,42). The van der Waals surface area contributed by atoms with Gasteiger partial charge >= 0.3 is 5.85 Å². The Morgan fingerprint density at radius 2 is 1.16 bits per heavy atom. The molecule has 4 aromatic carbocycles. The highest BCUT2D eigenvalue weighted by atomic mass is 35.5. The lowest BCUT2D eigenvalue weighted by atomic mass is 10.1. The number of nitrogens with zero attached hydrogens (tertiary/aromatic N) is 5. The van der Waals surface area contributed by atoms with Crippen molar-refractivity contribution in [1.82, 2.24) is 15.0 Å². The van der Waals surface area contributed by atoms with Gasteiger partial charge < -0.3 is 10.4 Å². The number of benzene rings is 4. The summed E-state index contributed by atoms with van der Waals surface area (Å²) in [6.07, 6.45) is 0. The minimum atomic E-state index is -5.86. The minimum absolute atomic E-state index is 0.183. The Morgan fingerprint density at radius 3 is 1.73 bits per heavy atom. The third-order valence-electron chi connectivity index (χ3n) is 6.11. The SMILES string of the molecule is O=S(=O)(O)c1c(S(=O)(=O)O)c(S(=O)(=O)O)c2ccccc2c1N=NC(O)(Nc1cccc2ccccc12)c1nc(Cl)nc(Cl)n1. The lowest BCUT2D eigenvalue weighted by Crippen LogP contribution is -2.35. The predicted octanol–water partition coefficient (Wildman–Crippen LogP) is 4.22. The molecule has 1 aromatic heterocycles. The molecule has 16 nitrogen and oxygen atoms in total. The average Bonchev–Trinajstić information content (AvgIpc) is 2.93. The van der Waals surface area contributed by atoms with E-state index in [1.807, 2.05) is 0 Å². The van der Waals surface area contributed by atoms with Gasteiger partial charge in [0.15, 0.2) is 0 Å². The fraction of sp³-hybridized carbons (Fsp3) is 0.0417. The Bertz CT molecular complexity index is 2370. The third kappa shape index (κ3) is 6.43. The molecule has 21 heteroatoms. The van der Waals surface area contributed by atoms with E-state index in [2.05, 4.69) is 30.5 Å². The van der Waals surface area contributed by atoms with Gasteiger partial charge in [-0.05, 0) is 34.7 Å². The fourth-order valence-electron chi connectivity index (χ4n) is 4.42. The van der Waals surface area contributed by atoms with Gasteiger partial charge in [0.05, 0.1) is 0 Å². The predicted molar refractivity (Wildman–Crippen MR) is 159 cm³/mol. The van der Waals surface area contributed by atoms with Gasteiger partial charge in [-0.1, -0.05) is 60.7 Å². The van der Waals surface area contributed by atoms with Crippen molar-refractivity contribution in [3.05, 3.63) is 83.1 Å². The molecule has 1 heterocycles. The van der Waals surface area contributed by atoms with Crippen molar-refractivity contribution in [3.8, 4) is 0 Å². The van der Waals surface area contributed by atoms with Gasteiger partial charge in [0, 0.05) is 21.8 Å². The number of azo groups is 1. The van der Waals surface area contributed by atoms with Crippen LogP contribution < -0.4 is 5.32 Å². The zero-order valence-electron chi connectivity index (χ0n) is 21.8. The van der Waals surface area contributed by atoms with Crippen LogP contribution in [0.25, 0.3) is 21.5 Å². The zero-order valence-corrected chi connectivity index (χ0v) is 25.8. The van der Waals surface area contributed by atoms with Crippen LogP contribution in [0.5, 0.6) is 0 Å². The van der Waals surface area contributed by atoms with Crippen LogP contribution in [-0.2, 0) is 36.2 Å². The van der Waals surface area contributed by atoms with Crippen LogP contribution in [0, 0.1) is 0 Å². The Hall–Kier alpha value is -3.92. The molecule has 5 N–H and O–H groups in total. The molecule has 0 fully saturated rings. The molecule has 5 rings (SSSR count). The fourth-order valence-corrected chi connectivity index (χ4v) is 8.31. The van der Waals surface area contributed by atoms with Crippen LogP contribution >= 0.6 is 23.2 Å². The van der Waals surface area contributed by atoms with E-state index >= 15 is 0 Å². The second-order valence-corrected chi connectivity index (χ2v) is 13.8. The third-order valence-corrected chi connectivity index (χ3v) is 9.49. The van der Waals surface area contributed by atoms with Crippen molar-refractivity contribution in [1.29, 1.82) is 0 Å². The van der Waals surface area contributed by atoms with Crippen molar-refractivity contribution in [3.63, 3.8) is 0 Å². The normalized spacial score (nSPS) is 14.2. The van der Waals surface area contributed by atoms with Crippen molar-refractivity contribution in [2.24, 2.45) is 10.2 Å². The zero-order chi connectivity index (χ0) is 32.9. The Morgan fingerprint density at radius 1 is 0.644 bits per heavy atom. The summed E-state index contributed by atoms with van der Waals surface area (Å²) in [5.74, 6) is -3.62. The van der Waals surface area contributed by atoms with Gasteiger partial charge in [0.2, 0.25) is 16.4 Å². The molecule has 0 saturated carbocycles. The van der Waals surface area contributed by atoms with Gasteiger partial charge in [-0.2, -0.15) is 40.2 Å². The molecule has 0 bridgehead atoms. The van der Waals surface area contributed by atoms with Crippen molar-refractivity contribution < 1.29 is 44.0 Å². The summed E-state index contributed by atoms with van der Waals surface area (Å²) in [6.45, 7) is 0. The molecule has 5 aromatic rings. The number of aromatic nitrogens is 3. The van der Waals surface area contributed by atoms with E-state index in [-0.39, 0.29) is 5.69 Å². The average molecular weight is 716 g/mol. The van der Waals surface area contributed by atoms with Crippen LogP contribution in [0.15, 0.2) is 91.6 Å². The molecule has 234 valence electrons. The maximum atomic E-state index is 12.6. The summed E-state index contributed by atoms with van der Waals surface area (Å²) in [4.78, 5) is 5.91. The lowest BCUT2D eigenvalue weighted by Gasteiger charge is -2.24. The molecule has 0 aliphatic carbocycles. The minimum Gasteiger partial charge on any atom is -0.345 e. The molecule has 0 saturated heterocycles. The number of aliphatic hydroxyl groups is 1. The quantitative estimate of drug-likeness (QED) is 0.0856. The summed E-state index contributed by atoms with van der Waals surface area (Å²) >= 11 is 11.8. The Balaban J connectivity index is 1.89. The van der Waals surface area contributed by atoms with Crippen molar-refractivity contribution in [2.45, 2.75) is 20.5 Å². The summed E-state index contributed by atoms with van der Waals surface area (Å²) in [5.41, 5.74) is -0.903. The highest BCUT2D eigenvalue weighted by molar-refractivity contribution is 7.90. The van der Waals surface area contributed by atoms with Crippen LogP contribution in [0.1, 0.15) is 5.82 Å². The lowest BCUT2D eigenvalue weighted by molar-refractivity contribution is 0.0602. The largest absolute Gasteiger partial charge is 0.345 e. The van der Waals surface area contributed by atoms with Crippen LogP contribution in [0.4, 0.5) is 11.4 Å². The van der Waals surface area contributed by atoms with Crippen LogP contribution in [0.2, 0.25) is 10.6 Å². The number of anilines is 1. The first-order chi connectivity index (χ1) is 20.9. The molecular weight excluding hydrogens is 699 g/mol. The van der Waals surface area contributed by atoms with E-state index in [4.69, 9.17) is 23.2 Å². The molecule has 0 aliphatic heterocycles. The highest BCUT2D eigenvalue weighted by Crippen LogP contribution is 2.44. The smallest absolute Gasteiger partial charge is 0.316 e. The van der Waals surface area contributed by atoms with E-state index in [1.165, 1.54) is 18.2 Å². The van der Waals surface area contributed by atoms with E-state index in [0.717, 1.165) is 12.1 Å². The Kier molecular flexibility index (Phi) is 8.27. The van der Waals surface area contributed by atoms with Crippen molar-refractivity contribution >= 4 is 86.5 Å². The van der Waals surface area contributed by atoms with Gasteiger partial charge in [-0.25, -0.2) is 0 Å². The molecular formula is C24H16Cl2N6O10S3. The van der Waals surface area contributed by atoms with Crippen LogP contribution in [0.3, 0.4) is 0 Å². The summed E-state index contributed by atoms with van der Waals surface area (Å²) < 4.78 is 105. The van der Waals surface area contributed by atoms with Crippen molar-refractivity contribution in [2.75, 3.05) is 5.32 Å². The van der Waals surface area contributed by atoms with Gasteiger partial charge in [0.1, 0.15) is 20.4 Å². The number of nitrogens with one attached hydrogen (secondary N) is 1. The highest BCUT2D eigenvalue weighted by Gasteiger charge is 2.40. The summed E-state index contributed by atoms with van der Waals surface area (Å²) in [7, 11) is -17.3. The van der Waals surface area contributed by atoms with Gasteiger partial charge in [0.25, 0.3) is 30.4 Å². The monoisotopic (exact) mass is 714 g/mol. The maximum absolute atomic E-state index is 12.6. The van der Waals surface area contributed by atoms with E-state index in [0.29, 0.717) is 10.8 Å². The van der Waals surface area contributed by atoms with Crippen LogP contribution in [-0.4, -0.2) is 59.0 Å². The molecule has 1 atom stereocenters. The molecule has 0 radical (unpaired) electrons. The summed E-state index contributed by atoms with van der Waals surface area (Å²) in [6, 6.07) is 16.1. The van der Waals surface area contributed by atoms with E-state index in [1.54, 1.807) is 36.4 Å². The van der Waals surface area contributed by atoms with E-state index in [9.17, 15) is 44.0 Å². The van der Waals surface area contributed by atoms with Gasteiger partial charge in [-0.3, -0.25) is 13.7 Å². The first-order valence-electron chi connectivity index (χ1n) is 11.9. The molecule has 45 heavy (non-hydrogen) atoms. The van der Waals surface area contributed by atoms with E-state index < -0.39 is 83.7 Å². The Labute approximate surface area is 263 Å². The first kappa shape index (κ1) is 32.5. The number of hydrogen-bond acceptors (Lipinski definition) is 13. The number of rotatable bonds is 8. The number of hydrogen-bond donors (Lipinski definition) is 5. The molecule has 0 aliphatic rings. The topological polar surface area (TPSA) is 259 Å². The second kappa shape index (κ2) is 11.5. The summed E-state index contributed by atoms with van der Waals surface area (Å²) in [5, 5.41) is 20.9. The molecule has 1 unspecified atom stereocenters. The molecule has 0 amide bonds. The van der Waals surface area contributed by atoms with Gasteiger partial charge in [-0.15, -0.1) is 10.2 Å². The second-order valence-electron chi connectivity index (χ2n) is 9.03. The molecule has 0 spiro atoms. The number of fused-ring (bicyclic) bond motifs is 2. The maximum Gasteiger partial charge on any atom is 0.316 e.